The second-order valence-corrected chi connectivity index (χ2v) is 5.34. The molecule has 1 fully saturated rings. The molecule has 4 nitrogen and oxygen atoms in total. The lowest BCUT2D eigenvalue weighted by Gasteiger charge is -2.53. The fourth-order valence-corrected chi connectivity index (χ4v) is 3.46. The maximum Gasteiger partial charge on any atom is 0.331 e. The molecule has 92 valence electrons. The van der Waals surface area contributed by atoms with E-state index in [4.69, 9.17) is 46.4 Å². The van der Waals surface area contributed by atoms with Gasteiger partial charge in [-0.15, -0.1) is 46.4 Å². The molecule has 1 saturated carbocycles. The minimum absolute atomic E-state index is 0.925. The number of hydrogen-bond donors (Lipinski definition) is 0. The molecule has 0 radical (unpaired) electrons. The first-order valence-corrected chi connectivity index (χ1v) is 5.74. The lowest BCUT2D eigenvalue weighted by molar-refractivity contribution is -0.158. The summed E-state index contributed by atoms with van der Waals surface area (Å²) in [6.07, 6.45) is 0. The number of halogens is 4. The summed E-state index contributed by atoms with van der Waals surface area (Å²) in [5.74, 6) is -1.85. The lowest BCUT2D eigenvalue weighted by atomic mass is 9.70. The molecule has 1 aliphatic rings. The van der Waals surface area contributed by atoms with Crippen LogP contribution in [0.1, 0.15) is 0 Å². The molecule has 1 rings (SSSR count). The lowest BCUT2D eigenvalue weighted by Crippen LogP contribution is -2.79. The first kappa shape index (κ1) is 14.2. The molecule has 0 aromatic carbocycles. The van der Waals surface area contributed by atoms with E-state index in [1.54, 1.807) is 0 Å². The molecule has 16 heavy (non-hydrogen) atoms. The van der Waals surface area contributed by atoms with E-state index >= 15 is 0 Å². The highest BCUT2D eigenvalue weighted by molar-refractivity contribution is 6.58. The van der Waals surface area contributed by atoms with Crippen molar-refractivity contribution in [2.75, 3.05) is 14.2 Å². The second-order valence-electron chi connectivity index (χ2n) is 3.21. The normalized spacial score (nSPS) is 42.1. The van der Waals surface area contributed by atoms with Gasteiger partial charge >= 0.3 is 11.9 Å². The Kier molecular flexibility index (Phi) is 3.90. The van der Waals surface area contributed by atoms with Gasteiger partial charge in [0, 0.05) is 0 Å². The number of carbonyl (C=O) groups excluding carboxylic acids is 2. The zero-order valence-electron chi connectivity index (χ0n) is 8.30. The molecule has 0 aromatic heterocycles. The summed E-state index contributed by atoms with van der Waals surface area (Å²) in [6.45, 7) is 0. The molecule has 1 aliphatic carbocycles. The minimum atomic E-state index is -1.93. The van der Waals surface area contributed by atoms with E-state index in [2.05, 4.69) is 9.47 Å². The first-order valence-electron chi connectivity index (χ1n) is 4.11. The van der Waals surface area contributed by atoms with Crippen molar-refractivity contribution in [1.82, 2.24) is 0 Å². The van der Waals surface area contributed by atoms with Crippen molar-refractivity contribution in [2.24, 2.45) is 0 Å². The summed E-state index contributed by atoms with van der Waals surface area (Å²) in [6, 6.07) is 0. The Labute approximate surface area is 112 Å². The molecule has 0 N–H and O–H groups in total. The van der Waals surface area contributed by atoms with Crippen molar-refractivity contribution in [1.29, 1.82) is 0 Å². The zero-order valence-corrected chi connectivity index (χ0v) is 11.3. The topological polar surface area (TPSA) is 52.6 Å². The van der Waals surface area contributed by atoms with Gasteiger partial charge in [-0.2, -0.15) is 0 Å². The average molecular weight is 310 g/mol. The summed E-state index contributed by atoms with van der Waals surface area (Å²) in [5, 5.41) is -2.06. The molecule has 0 heterocycles. The summed E-state index contributed by atoms with van der Waals surface area (Å²) in [7, 11) is 2.21. The zero-order chi connectivity index (χ0) is 12.7. The van der Waals surface area contributed by atoms with E-state index in [0.29, 0.717) is 0 Å². The van der Waals surface area contributed by atoms with Crippen LogP contribution in [0.4, 0.5) is 0 Å². The average Bonchev–Trinajstić information content (AvgIpc) is 2.32. The van der Waals surface area contributed by atoms with Crippen LogP contribution in [-0.2, 0) is 19.1 Å². The third kappa shape index (κ3) is 1.43. The Morgan fingerprint density at radius 3 is 1.38 bits per heavy atom. The minimum Gasteiger partial charge on any atom is -0.468 e. The van der Waals surface area contributed by atoms with Crippen LogP contribution < -0.4 is 0 Å². The van der Waals surface area contributed by atoms with Crippen LogP contribution in [0.25, 0.3) is 0 Å². The van der Waals surface area contributed by atoms with Crippen LogP contribution in [0.5, 0.6) is 0 Å². The highest BCUT2D eigenvalue weighted by Gasteiger charge is 2.79. The molecule has 0 bridgehead atoms. The van der Waals surface area contributed by atoms with Gasteiger partial charge < -0.3 is 9.47 Å². The van der Waals surface area contributed by atoms with Crippen LogP contribution in [-0.4, -0.2) is 46.7 Å². The largest absolute Gasteiger partial charge is 0.468 e. The number of esters is 2. The van der Waals surface area contributed by atoms with Gasteiger partial charge in [-0.25, -0.2) is 0 Å². The maximum absolute atomic E-state index is 11.5. The fourth-order valence-electron chi connectivity index (χ4n) is 1.53. The summed E-state index contributed by atoms with van der Waals surface area (Å²) >= 11 is 23.5. The van der Waals surface area contributed by atoms with Gasteiger partial charge in [-0.1, -0.05) is 0 Å². The van der Waals surface area contributed by atoms with Gasteiger partial charge in [0.2, 0.25) is 0 Å². The molecule has 4 unspecified atom stereocenters. The van der Waals surface area contributed by atoms with E-state index < -0.39 is 32.4 Å². The second kappa shape index (κ2) is 4.41. The van der Waals surface area contributed by atoms with E-state index in [1.165, 1.54) is 0 Å². The van der Waals surface area contributed by atoms with Crippen molar-refractivity contribution in [3.63, 3.8) is 0 Å². The number of carbonyl (C=O) groups is 2. The predicted octanol–water partition coefficient (Wildman–Crippen LogP) is 1.52. The Morgan fingerprint density at radius 1 is 0.938 bits per heavy atom. The smallest absolute Gasteiger partial charge is 0.331 e. The highest BCUT2D eigenvalue weighted by Crippen LogP contribution is 2.58. The molecule has 0 spiro atoms. The maximum atomic E-state index is 11.5. The van der Waals surface area contributed by atoms with E-state index in [0.717, 1.165) is 14.2 Å². The highest BCUT2D eigenvalue weighted by atomic mass is 35.5. The molecular weight excluding hydrogens is 302 g/mol. The molecule has 0 aromatic rings. The summed E-state index contributed by atoms with van der Waals surface area (Å²) in [5.41, 5.74) is 0. The van der Waals surface area contributed by atoms with Crippen molar-refractivity contribution >= 4 is 58.3 Å². The molecule has 0 saturated heterocycles. The Balaban J connectivity index is 3.18. The Bertz CT molecular complexity index is 304. The molecular formula is C8H8Cl4O4. The first-order chi connectivity index (χ1) is 7.28. The SMILES string of the molecule is COC(=O)C1(Cl)C(Cl)C(Cl)C1(Cl)C(=O)OC. The van der Waals surface area contributed by atoms with Crippen LogP contribution in [0.3, 0.4) is 0 Å². The number of ether oxygens (including phenoxy) is 2. The number of methoxy groups -OCH3 is 2. The predicted molar refractivity (Wildman–Crippen MR) is 60.5 cm³/mol. The van der Waals surface area contributed by atoms with Crippen molar-refractivity contribution in [3.8, 4) is 0 Å². The molecule has 0 aliphatic heterocycles. The van der Waals surface area contributed by atoms with Gasteiger partial charge in [0.1, 0.15) is 0 Å². The monoisotopic (exact) mass is 308 g/mol. The quantitative estimate of drug-likeness (QED) is 0.573. The number of hydrogen-bond acceptors (Lipinski definition) is 4. The van der Waals surface area contributed by atoms with Gasteiger partial charge in [-0.05, 0) is 0 Å². The fraction of sp³-hybridized carbons (Fsp3) is 0.750. The van der Waals surface area contributed by atoms with Crippen molar-refractivity contribution in [3.05, 3.63) is 0 Å². The van der Waals surface area contributed by atoms with Gasteiger partial charge in [-0.3, -0.25) is 9.59 Å². The Morgan fingerprint density at radius 2 is 1.19 bits per heavy atom. The van der Waals surface area contributed by atoms with Crippen LogP contribution in [0, 0.1) is 0 Å². The van der Waals surface area contributed by atoms with E-state index in [9.17, 15) is 9.59 Å². The van der Waals surface area contributed by atoms with Crippen LogP contribution in [0.2, 0.25) is 0 Å². The van der Waals surface area contributed by atoms with E-state index in [1.807, 2.05) is 0 Å². The third-order valence-electron chi connectivity index (χ3n) is 2.51. The van der Waals surface area contributed by atoms with Crippen LogP contribution in [0.15, 0.2) is 0 Å². The molecule has 0 amide bonds. The summed E-state index contributed by atoms with van der Waals surface area (Å²) < 4.78 is 8.92. The summed E-state index contributed by atoms with van der Waals surface area (Å²) in [4.78, 5) is 19.2. The molecule has 4 atom stereocenters. The van der Waals surface area contributed by atoms with Crippen LogP contribution >= 0.6 is 46.4 Å². The van der Waals surface area contributed by atoms with Crippen molar-refractivity contribution in [2.45, 2.75) is 20.5 Å². The van der Waals surface area contributed by atoms with Gasteiger partial charge in [0.05, 0.1) is 25.0 Å². The van der Waals surface area contributed by atoms with Crippen molar-refractivity contribution < 1.29 is 19.1 Å². The van der Waals surface area contributed by atoms with E-state index in [-0.39, 0.29) is 0 Å². The number of alkyl halides is 4. The number of rotatable bonds is 2. The van der Waals surface area contributed by atoms with Gasteiger partial charge in [0.25, 0.3) is 0 Å². The third-order valence-corrected chi connectivity index (χ3v) is 5.49. The van der Waals surface area contributed by atoms with Gasteiger partial charge in [0.15, 0.2) is 9.75 Å². The Hall–Kier alpha value is 0.1000. The molecule has 8 heteroatoms. The standard InChI is InChI=1S/C8H8Cl4O4/c1-15-5(13)7(11)3(9)4(10)8(7,12)6(14)16-2/h3-4H,1-2H3.